The number of fused-ring (bicyclic) bond motifs is 2. The van der Waals surface area contributed by atoms with Crippen LogP contribution in [0.4, 0.5) is 17.1 Å². The van der Waals surface area contributed by atoms with Crippen molar-refractivity contribution in [2.24, 2.45) is 0 Å². The average molecular weight is 582 g/mol. The van der Waals surface area contributed by atoms with Gasteiger partial charge in [0, 0.05) is 34.7 Å². The van der Waals surface area contributed by atoms with Crippen LogP contribution >= 0.6 is 0 Å². The fourth-order valence-electron chi connectivity index (χ4n) is 6.57. The maximum Gasteiger partial charge on any atom is 0.145 e. The summed E-state index contributed by atoms with van der Waals surface area (Å²) in [7, 11) is 0. The van der Waals surface area contributed by atoms with Gasteiger partial charge in [0.25, 0.3) is 0 Å². The average Bonchev–Trinajstić information content (AvgIpc) is 3.51. The highest BCUT2D eigenvalue weighted by Crippen LogP contribution is 2.51. The molecule has 4 aromatic carbocycles. The molecule has 1 aliphatic rings. The second-order valence-electron chi connectivity index (χ2n) is 11.8. The van der Waals surface area contributed by atoms with Gasteiger partial charge in [-0.2, -0.15) is 0 Å². The molecule has 8 rings (SSSR count). The molecule has 0 radical (unpaired) electrons. The molecular formula is C40H31N5. The summed E-state index contributed by atoms with van der Waals surface area (Å²) in [5, 5.41) is 0. The fourth-order valence-corrected chi connectivity index (χ4v) is 6.57. The standard InChI is InChI=1S/C40H31N5/c1-40(2)31-16-6-8-20-35(31)44(36-21-9-7-17-32(36)40)30-24-22-28(23-25-30)39-43-37(33-18-10-12-26-41-33)38(34-19-11-13-27-42-34)45(39)29-14-4-3-5-15-29/h3-27H,1-2H3. The minimum atomic E-state index is -0.103. The van der Waals surface area contributed by atoms with E-state index in [1.54, 1.807) is 0 Å². The Hall–Kier alpha value is -5.81. The highest BCUT2D eigenvalue weighted by Gasteiger charge is 2.36. The van der Waals surface area contributed by atoms with E-state index in [4.69, 9.17) is 15.0 Å². The highest BCUT2D eigenvalue weighted by atomic mass is 15.2. The summed E-state index contributed by atoms with van der Waals surface area (Å²) in [6.45, 7) is 4.62. The van der Waals surface area contributed by atoms with Crippen LogP contribution in [-0.4, -0.2) is 19.5 Å². The first-order valence-corrected chi connectivity index (χ1v) is 15.2. The van der Waals surface area contributed by atoms with Crippen LogP contribution in [0.3, 0.4) is 0 Å². The number of benzene rings is 4. The predicted molar refractivity (Wildman–Crippen MR) is 182 cm³/mol. The van der Waals surface area contributed by atoms with Crippen molar-refractivity contribution in [3.8, 4) is 39.9 Å². The Morgan fingerprint density at radius 3 is 1.67 bits per heavy atom. The molecule has 0 N–H and O–H groups in total. The van der Waals surface area contributed by atoms with E-state index in [0.717, 1.165) is 45.5 Å². The summed E-state index contributed by atoms with van der Waals surface area (Å²) in [6.07, 6.45) is 3.63. The number of nitrogens with zero attached hydrogens (tertiary/aromatic N) is 5. The van der Waals surface area contributed by atoms with E-state index in [2.05, 4.69) is 120 Å². The van der Waals surface area contributed by atoms with Gasteiger partial charge in [-0.05, 0) is 83.9 Å². The van der Waals surface area contributed by atoms with E-state index >= 15 is 0 Å². The lowest BCUT2D eigenvalue weighted by molar-refractivity contribution is 0.632. The van der Waals surface area contributed by atoms with Crippen molar-refractivity contribution >= 4 is 17.1 Å². The summed E-state index contributed by atoms with van der Waals surface area (Å²) in [5.74, 6) is 0.828. The molecule has 0 spiro atoms. The van der Waals surface area contributed by atoms with Gasteiger partial charge in [0.05, 0.1) is 22.8 Å². The Labute approximate surface area is 263 Å². The molecule has 1 aliphatic heterocycles. The number of anilines is 3. The quantitative estimate of drug-likeness (QED) is 0.203. The second kappa shape index (κ2) is 10.7. The van der Waals surface area contributed by atoms with Gasteiger partial charge in [0.2, 0.25) is 0 Å². The second-order valence-corrected chi connectivity index (χ2v) is 11.8. The Morgan fingerprint density at radius 1 is 0.511 bits per heavy atom. The van der Waals surface area contributed by atoms with Crippen molar-refractivity contribution in [1.82, 2.24) is 19.5 Å². The molecule has 45 heavy (non-hydrogen) atoms. The topological polar surface area (TPSA) is 46.8 Å². The first-order chi connectivity index (χ1) is 22.1. The highest BCUT2D eigenvalue weighted by molar-refractivity contribution is 5.87. The monoisotopic (exact) mass is 581 g/mol. The first-order valence-electron chi connectivity index (χ1n) is 15.2. The lowest BCUT2D eigenvalue weighted by Crippen LogP contribution is -2.30. The lowest BCUT2D eigenvalue weighted by Gasteiger charge is -2.42. The third-order valence-corrected chi connectivity index (χ3v) is 8.73. The zero-order chi connectivity index (χ0) is 30.4. The van der Waals surface area contributed by atoms with Gasteiger partial charge in [-0.25, -0.2) is 4.98 Å². The van der Waals surface area contributed by atoms with Crippen LogP contribution in [-0.2, 0) is 5.41 Å². The van der Waals surface area contributed by atoms with Gasteiger partial charge in [0.15, 0.2) is 0 Å². The van der Waals surface area contributed by atoms with Crippen LogP contribution in [0, 0.1) is 0 Å². The molecule has 0 unspecified atom stereocenters. The number of para-hydroxylation sites is 3. The molecule has 3 aromatic heterocycles. The molecule has 0 bridgehead atoms. The van der Waals surface area contributed by atoms with Crippen molar-refractivity contribution in [2.75, 3.05) is 4.90 Å². The molecule has 0 saturated carbocycles. The van der Waals surface area contributed by atoms with Crippen LogP contribution in [0.25, 0.3) is 39.9 Å². The van der Waals surface area contributed by atoms with Gasteiger partial charge >= 0.3 is 0 Å². The zero-order valence-electron chi connectivity index (χ0n) is 25.2. The van der Waals surface area contributed by atoms with Crippen LogP contribution in [0.2, 0.25) is 0 Å². The fraction of sp³-hybridized carbons (Fsp3) is 0.0750. The van der Waals surface area contributed by atoms with E-state index in [0.29, 0.717) is 0 Å². The van der Waals surface area contributed by atoms with Crippen molar-refractivity contribution in [3.05, 3.63) is 163 Å². The Morgan fingerprint density at radius 2 is 1.07 bits per heavy atom. The number of hydrogen-bond donors (Lipinski definition) is 0. The summed E-state index contributed by atoms with van der Waals surface area (Å²) >= 11 is 0. The van der Waals surface area contributed by atoms with Crippen LogP contribution in [0.5, 0.6) is 0 Å². The maximum absolute atomic E-state index is 5.28. The van der Waals surface area contributed by atoms with Crippen molar-refractivity contribution in [3.63, 3.8) is 0 Å². The first kappa shape index (κ1) is 26.8. The normalized spacial score (nSPS) is 13.2. The molecule has 0 amide bonds. The molecule has 216 valence electrons. The molecule has 7 aromatic rings. The molecule has 4 heterocycles. The molecule has 0 fully saturated rings. The molecule has 0 saturated heterocycles. The molecule has 0 aliphatic carbocycles. The SMILES string of the molecule is CC1(C)c2ccccc2N(c2ccc(-c3nc(-c4ccccn4)c(-c4ccccn4)n3-c3ccccc3)cc2)c2ccccc21. The summed E-state index contributed by atoms with van der Waals surface area (Å²) < 4.78 is 2.20. The summed E-state index contributed by atoms with van der Waals surface area (Å²) in [4.78, 5) is 17.1. The minimum Gasteiger partial charge on any atom is -0.310 e. The van der Waals surface area contributed by atoms with Gasteiger partial charge in [-0.1, -0.05) is 80.6 Å². The molecule has 5 heteroatoms. The molecular weight excluding hydrogens is 550 g/mol. The van der Waals surface area contributed by atoms with Crippen LogP contribution < -0.4 is 4.90 Å². The van der Waals surface area contributed by atoms with E-state index in [1.807, 2.05) is 54.9 Å². The number of imidazole rings is 1. The molecule has 5 nitrogen and oxygen atoms in total. The Balaban J connectivity index is 1.32. The molecule has 0 atom stereocenters. The largest absolute Gasteiger partial charge is 0.310 e. The van der Waals surface area contributed by atoms with Crippen molar-refractivity contribution in [1.29, 1.82) is 0 Å². The number of pyridine rings is 2. The Bertz CT molecular complexity index is 2070. The lowest BCUT2D eigenvalue weighted by atomic mass is 9.73. The minimum absolute atomic E-state index is 0.103. The number of rotatable bonds is 5. The van der Waals surface area contributed by atoms with Crippen LogP contribution in [0.15, 0.2) is 152 Å². The van der Waals surface area contributed by atoms with Crippen molar-refractivity contribution in [2.45, 2.75) is 19.3 Å². The van der Waals surface area contributed by atoms with Gasteiger partial charge in [-0.15, -0.1) is 0 Å². The number of hydrogen-bond acceptors (Lipinski definition) is 4. The van der Waals surface area contributed by atoms with Gasteiger partial charge in [-0.3, -0.25) is 14.5 Å². The van der Waals surface area contributed by atoms with Gasteiger partial charge < -0.3 is 4.90 Å². The zero-order valence-corrected chi connectivity index (χ0v) is 25.2. The van der Waals surface area contributed by atoms with Crippen molar-refractivity contribution < 1.29 is 0 Å². The third kappa shape index (κ3) is 4.44. The van der Waals surface area contributed by atoms with E-state index in [-0.39, 0.29) is 5.41 Å². The number of aromatic nitrogens is 4. The predicted octanol–water partition coefficient (Wildman–Crippen LogP) is 9.77. The van der Waals surface area contributed by atoms with E-state index in [1.165, 1.54) is 22.5 Å². The summed E-state index contributed by atoms with van der Waals surface area (Å²) in [6, 6.07) is 48.5. The van der Waals surface area contributed by atoms with Crippen LogP contribution in [0.1, 0.15) is 25.0 Å². The third-order valence-electron chi connectivity index (χ3n) is 8.73. The smallest absolute Gasteiger partial charge is 0.145 e. The van der Waals surface area contributed by atoms with E-state index in [9.17, 15) is 0 Å². The van der Waals surface area contributed by atoms with E-state index < -0.39 is 0 Å². The van der Waals surface area contributed by atoms with Gasteiger partial charge in [0.1, 0.15) is 17.2 Å². The summed E-state index contributed by atoms with van der Waals surface area (Å²) in [5.41, 5.74) is 11.4. The maximum atomic E-state index is 5.28. The Kier molecular flexibility index (Phi) is 6.38.